The largest absolute Gasteiger partial charge is 0.478 e. The summed E-state index contributed by atoms with van der Waals surface area (Å²) >= 11 is 1.28. The first-order valence-electron chi connectivity index (χ1n) is 8.41. The van der Waals surface area contributed by atoms with E-state index in [1.807, 2.05) is 23.6 Å². The molecule has 0 fully saturated rings. The van der Waals surface area contributed by atoms with Crippen LogP contribution in [0.1, 0.15) is 43.3 Å². The summed E-state index contributed by atoms with van der Waals surface area (Å²) in [5.41, 5.74) is 4.08. The first-order chi connectivity index (χ1) is 12.6. The molecule has 3 aromatic rings. The molecular weight excluding hydrogens is 346 g/mol. The standard InChI is InChI=1S/C21H17NO3S/c23-19(13-6-2-1-3-7-13)22-20-18(21(24)25)17(12-26-20)16-10-14-8-4-5-9-15(14)11-16/h1-9,12,16H,10-11H2,(H,22,23)(H,24,25). The van der Waals surface area contributed by atoms with E-state index in [-0.39, 0.29) is 17.4 Å². The molecule has 1 aliphatic carbocycles. The summed E-state index contributed by atoms with van der Waals surface area (Å²) in [5.74, 6) is -1.16. The summed E-state index contributed by atoms with van der Waals surface area (Å²) in [6.07, 6.45) is 1.67. The summed E-state index contributed by atoms with van der Waals surface area (Å²) < 4.78 is 0. The number of carbonyl (C=O) groups excluding carboxylic acids is 1. The molecule has 2 aromatic carbocycles. The highest BCUT2D eigenvalue weighted by Crippen LogP contribution is 2.40. The van der Waals surface area contributed by atoms with Crippen LogP contribution < -0.4 is 5.32 Å². The van der Waals surface area contributed by atoms with E-state index >= 15 is 0 Å². The summed E-state index contributed by atoms with van der Waals surface area (Å²) in [6.45, 7) is 0. The van der Waals surface area contributed by atoms with E-state index in [1.54, 1.807) is 24.3 Å². The lowest BCUT2D eigenvalue weighted by Crippen LogP contribution is -2.14. The molecule has 26 heavy (non-hydrogen) atoms. The molecule has 1 heterocycles. The van der Waals surface area contributed by atoms with Crippen LogP contribution in [0.15, 0.2) is 60.0 Å². The van der Waals surface area contributed by atoms with Crippen molar-refractivity contribution in [2.45, 2.75) is 18.8 Å². The Balaban J connectivity index is 1.62. The third-order valence-electron chi connectivity index (χ3n) is 4.79. The Morgan fingerprint density at radius 1 is 0.962 bits per heavy atom. The highest BCUT2D eigenvalue weighted by molar-refractivity contribution is 7.15. The fraction of sp³-hybridized carbons (Fsp3) is 0.143. The second-order valence-corrected chi connectivity index (χ2v) is 7.27. The van der Waals surface area contributed by atoms with Crippen LogP contribution in [-0.2, 0) is 12.8 Å². The number of thiophene rings is 1. The van der Waals surface area contributed by atoms with Crippen LogP contribution in [0.5, 0.6) is 0 Å². The lowest BCUT2D eigenvalue weighted by molar-refractivity contribution is 0.0697. The number of carboxylic acids is 1. The summed E-state index contributed by atoms with van der Waals surface area (Å²) in [6, 6.07) is 17.0. The van der Waals surface area contributed by atoms with Gasteiger partial charge in [-0.05, 0) is 53.0 Å². The van der Waals surface area contributed by atoms with Crippen molar-refractivity contribution in [3.63, 3.8) is 0 Å². The maximum atomic E-state index is 12.4. The van der Waals surface area contributed by atoms with Crippen molar-refractivity contribution in [1.29, 1.82) is 0 Å². The van der Waals surface area contributed by atoms with Gasteiger partial charge in [-0.3, -0.25) is 4.79 Å². The van der Waals surface area contributed by atoms with Gasteiger partial charge in [0.25, 0.3) is 5.91 Å². The molecule has 130 valence electrons. The maximum Gasteiger partial charge on any atom is 0.339 e. The first kappa shape index (κ1) is 16.5. The van der Waals surface area contributed by atoms with Crippen LogP contribution in [0, 0.1) is 0 Å². The van der Waals surface area contributed by atoms with Crippen LogP contribution in [0.2, 0.25) is 0 Å². The second kappa shape index (κ2) is 6.77. The molecule has 0 aliphatic heterocycles. The molecule has 4 rings (SSSR count). The molecule has 2 N–H and O–H groups in total. The molecule has 0 bridgehead atoms. The van der Waals surface area contributed by atoms with Gasteiger partial charge >= 0.3 is 5.97 Å². The number of benzene rings is 2. The zero-order valence-corrected chi connectivity index (χ0v) is 14.8. The number of rotatable bonds is 4. The fourth-order valence-corrected chi connectivity index (χ4v) is 4.56. The Morgan fingerprint density at radius 2 is 1.58 bits per heavy atom. The number of aromatic carboxylic acids is 1. The van der Waals surface area contributed by atoms with Crippen LogP contribution in [0.25, 0.3) is 0 Å². The Kier molecular flexibility index (Phi) is 4.31. The van der Waals surface area contributed by atoms with Crippen LogP contribution in [0.4, 0.5) is 5.00 Å². The lowest BCUT2D eigenvalue weighted by atomic mass is 9.95. The van der Waals surface area contributed by atoms with Gasteiger partial charge in [-0.15, -0.1) is 11.3 Å². The summed E-state index contributed by atoms with van der Waals surface area (Å²) in [5, 5.41) is 14.8. The van der Waals surface area contributed by atoms with E-state index in [0.717, 1.165) is 18.4 Å². The number of anilines is 1. The van der Waals surface area contributed by atoms with E-state index < -0.39 is 5.97 Å². The van der Waals surface area contributed by atoms with Crippen molar-refractivity contribution in [3.8, 4) is 0 Å². The van der Waals surface area contributed by atoms with Crippen LogP contribution in [0.3, 0.4) is 0 Å². The van der Waals surface area contributed by atoms with Crippen LogP contribution in [-0.4, -0.2) is 17.0 Å². The molecule has 0 radical (unpaired) electrons. The highest BCUT2D eigenvalue weighted by atomic mass is 32.1. The van der Waals surface area contributed by atoms with Gasteiger partial charge in [-0.1, -0.05) is 42.5 Å². The molecular formula is C21H17NO3S. The second-order valence-electron chi connectivity index (χ2n) is 6.39. The predicted octanol–water partition coefficient (Wildman–Crippen LogP) is 4.58. The zero-order valence-electron chi connectivity index (χ0n) is 13.9. The van der Waals surface area contributed by atoms with Gasteiger partial charge < -0.3 is 10.4 Å². The Morgan fingerprint density at radius 3 is 2.19 bits per heavy atom. The zero-order chi connectivity index (χ0) is 18.1. The lowest BCUT2D eigenvalue weighted by Gasteiger charge is -2.10. The fourth-order valence-electron chi connectivity index (χ4n) is 3.53. The average Bonchev–Trinajstić information content (AvgIpc) is 3.26. The Bertz CT molecular complexity index is 953. The average molecular weight is 363 g/mol. The van der Waals surface area contributed by atoms with E-state index in [2.05, 4.69) is 17.4 Å². The van der Waals surface area contributed by atoms with Crippen LogP contribution >= 0.6 is 11.3 Å². The molecule has 1 amide bonds. The predicted molar refractivity (Wildman–Crippen MR) is 102 cm³/mol. The first-order valence-corrected chi connectivity index (χ1v) is 9.29. The monoisotopic (exact) mass is 363 g/mol. The molecule has 0 spiro atoms. The smallest absolute Gasteiger partial charge is 0.339 e. The van der Waals surface area contributed by atoms with Gasteiger partial charge in [0.05, 0.1) is 5.56 Å². The number of nitrogens with one attached hydrogen (secondary N) is 1. The van der Waals surface area contributed by atoms with E-state index in [0.29, 0.717) is 10.6 Å². The number of carbonyl (C=O) groups is 2. The molecule has 0 saturated carbocycles. The van der Waals surface area contributed by atoms with Gasteiger partial charge in [-0.25, -0.2) is 4.79 Å². The van der Waals surface area contributed by atoms with Gasteiger partial charge in [-0.2, -0.15) is 0 Å². The minimum Gasteiger partial charge on any atom is -0.478 e. The molecule has 0 saturated heterocycles. The number of hydrogen-bond acceptors (Lipinski definition) is 3. The van der Waals surface area contributed by atoms with Crippen molar-refractivity contribution >= 4 is 28.2 Å². The SMILES string of the molecule is O=C(Nc1scc(C2Cc3ccccc3C2)c1C(=O)O)c1ccccc1. The van der Waals surface area contributed by atoms with Crippen molar-refractivity contribution < 1.29 is 14.7 Å². The number of fused-ring (bicyclic) bond motifs is 1. The van der Waals surface area contributed by atoms with Crippen molar-refractivity contribution in [3.05, 3.63) is 87.8 Å². The van der Waals surface area contributed by atoms with Crippen molar-refractivity contribution in [2.24, 2.45) is 0 Å². The van der Waals surface area contributed by atoms with E-state index in [9.17, 15) is 14.7 Å². The van der Waals surface area contributed by atoms with E-state index in [1.165, 1.54) is 22.5 Å². The Hall–Kier alpha value is -2.92. The number of carboxylic acid groups (broad SMARTS) is 1. The molecule has 0 atom stereocenters. The topological polar surface area (TPSA) is 66.4 Å². The normalized spacial score (nSPS) is 13.4. The molecule has 0 unspecified atom stereocenters. The molecule has 5 heteroatoms. The highest BCUT2D eigenvalue weighted by Gasteiger charge is 2.29. The maximum absolute atomic E-state index is 12.4. The third-order valence-corrected chi connectivity index (χ3v) is 5.70. The number of hydrogen-bond donors (Lipinski definition) is 2. The number of amides is 1. The summed E-state index contributed by atoms with van der Waals surface area (Å²) in [7, 11) is 0. The van der Waals surface area contributed by atoms with Crippen molar-refractivity contribution in [2.75, 3.05) is 5.32 Å². The molecule has 1 aliphatic rings. The molecule has 4 nitrogen and oxygen atoms in total. The molecule has 1 aromatic heterocycles. The van der Waals surface area contributed by atoms with Crippen molar-refractivity contribution in [1.82, 2.24) is 0 Å². The van der Waals surface area contributed by atoms with Gasteiger partial charge in [0.15, 0.2) is 0 Å². The minimum atomic E-state index is -0.999. The van der Waals surface area contributed by atoms with Gasteiger partial charge in [0.2, 0.25) is 0 Å². The van der Waals surface area contributed by atoms with Gasteiger partial charge in [0, 0.05) is 5.56 Å². The van der Waals surface area contributed by atoms with Gasteiger partial charge in [0.1, 0.15) is 5.00 Å². The summed E-state index contributed by atoms with van der Waals surface area (Å²) in [4.78, 5) is 24.3. The minimum absolute atomic E-state index is 0.136. The van der Waals surface area contributed by atoms with E-state index in [4.69, 9.17) is 0 Å². The quantitative estimate of drug-likeness (QED) is 0.713. The third kappa shape index (κ3) is 3.02. The Labute approximate surface area is 155 Å².